The molecule has 2 aliphatic rings. The molecule has 0 aromatic rings. The molecule has 0 radical (unpaired) electrons. The Labute approximate surface area is 102 Å². The van der Waals surface area contributed by atoms with Gasteiger partial charge in [0.25, 0.3) is 0 Å². The second-order valence-corrected chi connectivity index (χ2v) is 5.55. The molecule has 4 heteroatoms. The van der Waals surface area contributed by atoms with Crippen LogP contribution in [0.1, 0.15) is 45.4 Å². The summed E-state index contributed by atoms with van der Waals surface area (Å²) in [6, 6.07) is 0. The van der Waals surface area contributed by atoms with Gasteiger partial charge in [-0.2, -0.15) is 0 Å². The van der Waals surface area contributed by atoms with E-state index >= 15 is 0 Å². The molecule has 0 spiro atoms. The highest BCUT2D eigenvalue weighted by Crippen LogP contribution is 2.48. The molecule has 2 fully saturated rings. The Hall–Kier alpha value is -1.06. The molecule has 0 aromatic heterocycles. The molecule has 1 amide bonds. The number of carbonyl (C=O) groups excluding carboxylic acids is 1. The highest BCUT2D eigenvalue weighted by molar-refractivity contribution is 5.85. The number of amides is 1. The van der Waals surface area contributed by atoms with E-state index in [4.69, 9.17) is 5.11 Å². The normalized spacial score (nSPS) is 29.9. The molecule has 2 atom stereocenters. The second kappa shape index (κ2) is 4.67. The van der Waals surface area contributed by atoms with Crippen molar-refractivity contribution >= 4 is 11.9 Å². The first-order valence-electron chi connectivity index (χ1n) is 6.58. The lowest BCUT2D eigenvalue weighted by atomic mass is 9.95. The lowest BCUT2D eigenvalue weighted by Crippen LogP contribution is -2.38. The maximum atomic E-state index is 12.0. The van der Waals surface area contributed by atoms with Crippen molar-refractivity contribution < 1.29 is 14.7 Å². The van der Waals surface area contributed by atoms with E-state index in [0.29, 0.717) is 11.8 Å². The lowest BCUT2D eigenvalue weighted by Gasteiger charge is -2.18. The van der Waals surface area contributed by atoms with E-state index in [1.165, 1.54) is 12.8 Å². The standard InChI is InChI=1S/C13H21NO3/c1-2-13(6-7-13)8-14-11(15)9-4-3-5-10(9)12(16)17/h9-10H,2-8H2,1H3,(H,14,15)(H,16,17). The molecule has 2 rings (SSSR count). The molecule has 0 heterocycles. The van der Waals surface area contributed by atoms with Crippen LogP contribution in [0.4, 0.5) is 0 Å². The van der Waals surface area contributed by atoms with E-state index < -0.39 is 11.9 Å². The van der Waals surface area contributed by atoms with Gasteiger partial charge < -0.3 is 10.4 Å². The van der Waals surface area contributed by atoms with E-state index in [-0.39, 0.29) is 11.8 Å². The van der Waals surface area contributed by atoms with Crippen molar-refractivity contribution in [3.05, 3.63) is 0 Å². The summed E-state index contributed by atoms with van der Waals surface area (Å²) in [5.74, 6) is -1.64. The Kier molecular flexibility index (Phi) is 3.40. The predicted molar refractivity (Wildman–Crippen MR) is 63.4 cm³/mol. The fourth-order valence-electron chi connectivity index (χ4n) is 2.81. The van der Waals surface area contributed by atoms with Crippen LogP contribution in [0.2, 0.25) is 0 Å². The first-order chi connectivity index (χ1) is 8.08. The Morgan fingerprint density at radius 2 is 1.94 bits per heavy atom. The SMILES string of the molecule is CCC1(CNC(=O)C2CCCC2C(=O)O)CC1. The van der Waals surface area contributed by atoms with Gasteiger partial charge in [-0.3, -0.25) is 9.59 Å². The van der Waals surface area contributed by atoms with Crippen LogP contribution in [0.3, 0.4) is 0 Å². The summed E-state index contributed by atoms with van der Waals surface area (Å²) in [7, 11) is 0. The quantitative estimate of drug-likeness (QED) is 0.768. The number of carbonyl (C=O) groups is 2. The molecule has 0 saturated heterocycles. The minimum absolute atomic E-state index is 0.0466. The summed E-state index contributed by atoms with van der Waals surface area (Å²) < 4.78 is 0. The minimum Gasteiger partial charge on any atom is -0.481 e. The molecule has 4 nitrogen and oxygen atoms in total. The monoisotopic (exact) mass is 239 g/mol. The van der Waals surface area contributed by atoms with Gasteiger partial charge in [0.1, 0.15) is 0 Å². The number of hydrogen-bond donors (Lipinski definition) is 2. The van der Waals surface area contributed by atoms with E-state index in [0.717, 1.165) is 25.8 Å². The third kappa shape index (κ3) is 2.61. The Balaban J connectivity index is 1.85. The van der Waals surface area contributed by atoms with Crippen LogP contribution >= 0.6 is 0 Å². The van der Waals surface area contributed by atoms with Crippen LogP contribution in [0.5, 0.6) is 0 Å². The van der Waals surface area contributed by atoms with E-state index in [1.54, 1.807) is 0 Å². The third-order valence-corrected chi connectivity index (χ3v) is 4.51. The minimum atomic E-state index is -0.820. The van der Waals surface area contributed by atoms with Crippen molar-refractivity contribution in [1.82, 2.24) is 5.32 Å². The molecule has 2 saturated carbocycles. The summed E-state index contributed by atoms with van der Waals surface area (Å²) in [4.78, 5) is 23.0. The largest absolute Gasteiger partial charge is 0.481 e. The highest BCUT2D eigenvalue weighted by Gasteiger charge is 2.42. The van der Waals surface area contributed by atoms with Gasteiger partial charge in [0.05, 0.1) is 11.8 Å². The van der Waals surface area contributed by atoms with Gasteiger partial charge in [0, 0.05) is 6.54 Å². The van der Waals surface area contributed by atoms with E-state index in [9.17, 15) is 9.59 Å². The van der Waals surface area contributed by atoms with Gasteiger partial charge >= 0.3 is 5.97 Å². The first-order valence-corrected chi connectivity index (χ1v) is 6.58. The fourth-order valence-corrected chi connectivity index (χ4v) is 2.81. The molecular formula is C13H21NO3. The van der Waals surface area contributed by atoms with Crippen LogP contribution in [0.25, 0.3) is 0 Å². The van der Waals surface area contributed by atoms with Crippen molar-refractivity contribution in [1.29, 1.82) is 0 Å². The molecule has 2 unspecified atom stereocenters. The smallest absolute Gasteiger partial charge is 0.307 e. The zero-order valence-electron chi connectivity index (χ0n) is 10.4. The van der Waals surface area contributed by atoms with Gasteiger partial charge in [-0.05, 0) is 37.5 Å². The summed E-state index contributed by atoms with van der Waals surface area (Å²) in [6.07, 6.45) is 5.70. The molecule has 2 aliphatic carbocycles. The van der Waals surface area contributed by atoms with E-state index in [2.05, 4.69) is 12.2 Å². The van der Waals surface area contributed by atoms with E-state index in [1.807, 2.05) is 0 Å². The number of nitrogens with one attached hydrogen (secondary N) is 1. The van der Waals surface area contributed by atoms with Crippen LogP contribution in [0, 0.1) is 17.3 Å². The molecule has 96 valence electrons. The lowest BCUT2D eigenvalue weighted by molar-refractivity contribution is -0.146. The summed E-state index contributed by atoms with van der Waals surface area (Å²) in [6.45, 7) is 2.87. The number of hydrogen-bond acceptors (Lipinski definition) is 2. The van der Waals surface area contributed by atoms with Crippen molar-refractivity contribution in [3.8, 4) is 0 Å². The van der Waals surface area contributed by atoms with Gasteiger partial charge in [0.2, 0.25) is 5.91 Å². The van der Waals surface area contributed by atoms with Crippen molar-refractivity contribution in [3.63, 3.8) is 0 Å². The number of rotatable bonds is 5. The summed E-state index contributed by atoms with van der Waals surface area (Å²) in [5.41, 5.74) is 0.326. The summed E-state index contributed by atoms with van der Waals surface area (Å²) in [5, 5.41) is 12.0. The van der Waals surface area contributed by atoms with Crippen LogP contribution in [-0.4, -0.2) is 23.5 Å². The molecule has 0 aromatic carbocycles. The highest BCUT2D eigenvalue weighted by atomic mass is 16.4. The van der Waals surface area contributed by atoms with Crippen LogP contribution in [0.15, 0.2) is 0 Å². The number of aliphatic carboxylic acids is 1. The maximum Gasteiger partial charge on any atom is 0.307 e. The Morgan fingerprint density at radius 1 is 1.29 bits per heavy atom. The molecule has 0 bridgehead atoms. The molecular weight excluding hydrogens is 218 g/mol. The average molecular weight is 239 g/mol. The zero-order chi connectivity index (χ0) is 12.5. The third-order valence-electron chi connectivity index (χ3n) is 4.51. The fraction of sp³-hybridized carbons (Fsp3) is 0.846. The summed E-state index contributed by atoms with van der Waals surface area (Å²) >= 11 is 0. The van der Waals surface area contributed by atoms with Crippen LogP contribution < -0.4 is 5.32 Å². The first kappa shape index (κ1) is 12.4. The van der Waals surface area contributed by atoms with Crippen molar-refractivity contribution in [2.24, 2.45) is 17.3 Å². The second-order valence-electron chi connectivity index (χ2n) is 5.55. The molecule has 0 aliphatic heterocycles. The van der Waals surface area contributed by atoms with Crippen LogP contribution in [-0.2, 0) is 9.59 Å². The molecule has 2 N–H and O–H groups in total. The predicted octanol–water partition coefficient (Wildman–Crippen LogP) is 1.79. The van der Waals surface area contributed by atoms with Crippen molar-refractivity contribution in [2.45, 2.75) is 45.4 Å². The van der Waals surface area contributed by atoms with Gasteiger partial charge in [0.15, 0.2) is 0 Å². The van der Waals surface area contributed by atoms with Gasteiger partial charge in [-0.15, -0.1) is 0 Å². The number of carboxylic acids is 1. The zero-order valence-corrected chi connectivity index (χ0v) is 10.4. The Bertz CT molecular complexity index is 323. The topological polar surface area (TPSA) is 66.4 Å². The van der Waals surface area contributed by atoms with Gasteiger partial charge in [-0.25, -0.2) is 0 Å². The maximum absolute atomic E-state index is 12.0. The molecule has 17 heavy (non-hydrogen) atoms. The Morgan fingerprint density at radius 3 is 2.47 bits per heavy atom. The van der Waals surface area contributed by atoms with Gasteiger partial charge in [-0.1, -0.05) is 13.3 Å². The number of carboxylic acid groups (broad SMARTS) is 1. The van der Waals surface area contributed by atoms with Crippen molar-refractivity contribution in [2.75, 3.05) is 6.54 Å². The average Bonchev–Trinajstić information content (AvgIpc) is 2.91.